The van der Waals surface area contributed by atoms with E-state index in [0.717, 1.165) is 0 Å². The van der Waals surface area contributed by atoms with E-state index in [1.165, 1.54) is 12.1 Å². The van der Waals surface area contributed by atoms with Crippen LogP contribution >= 0.6 is 11.6 Å². The first-order valence-corrected chi connectivity index (χ1v) is 8.90. The number of amidine groups is 1. The molecule has 7 heteroatoms. The minimum absolute atomic E-state index is 0.0502. The summed E-state index contributed by atoms with van der Waals surface area (Å²) in [6.45, 7) is 1.92. The highest BCUT2D eigenvalue weighted by atomic mass is 35.5. The molecule has 0 aliphatic carbocycles. The van der Waals surface area contributed by atoms with Crippen LogP contribution in [0.5, 0.6) is 0 Å². The van der Waals surface area contributed by atoms with Crippen LogP contribution in [0.25, 0.3) is 0 Å². The lowest BCUT2D eigenvalue weighted by Crippen LogP contribution is -2.19. The molecule has 4 nitrogen and oxygen atoms in total. The molecule has 23 heavy (non-hydrogen) atoms. The van der Waals surface area contributed by atoms with Crippen LogP contribution in [-0.2, 0) is 10.0 Å². The van der Waals surface area contributed by atoms with E-state index < -0.39 is 10.0 Å². The summed E-state index contributed by atoms with van der Waals surface area (Å²) in [6.07, 6.45) is 0.605. The largest absolute Gasteiger partial charge is 0.328 e. The molecule has 0 aromatic heterocycles. The predicted octanol–water partition coefficient (Wildman–Crippen LogP) is 4.08. The molecule has 1 unspecified atom stereocenters. The summed E-state index contributed by atoms with van der Waals surface area (Å²) in [4.78, 5) is 0.0502. The Kier molecular flexibility index (Phi) is 4.12. The Morgan fingerprint density at radius 1 is 1.17 bits per heavy atom. The molecule has 1 atom stereocenters. The molecule has 1 N–H and O–H groups in total. The molecular formula is C16H14ClFN2O2S. The van der Waals surface area contributed by atoms with E-state index in [9.17, 15) is 12.8 Å². The third-order valence-corrected chi connectivity index (χ3v) is 5.43. The molecule has 1 aliphatic heterocycles. The van der Waals surface area contributed by atoms with E-state index in [1.54, 1.807) is 30.3 Å². The first kappa shape index (κ1) is 16.0. The van der Waals surface area contributed by atoms with Gasteiger partial charge in [-0.15, -0.1) is 4.40 Å². The van der Waals surface area contributed by atoms with Crippen LogP contribution in [0.4, 0.5) is 10.1 Å². The second-order valence-electron chi connectivity index (χ2n) is 5.18. The quantitative estimate of drug-likeness (QED) is 0.847. The fraction of sp³-hybridized carbons (Fsp3) is 0.188. The Balaban J connectivity index is 2.21. The van der Waals surface area contributed by atoms with Crippen molar-refractivity contribution in [3.8, 4) is 0 Å². The van der Waals surface area contributed by atoms with Gasteiger partial charge in [-0.05, 0) is 41.3 Å². The molecule has 1 heterocycles. The third kappa shape index (κ3) is 2.84. The number of fused-ring (bicyclic) bond motifs is 1. The Morgan fingerprint density at radius 3 is 2.57 bits per heavy atom. The molecule has 1 aliphatic rings. The summed E-state index contributed by atoms with van der Waals surface area (Å²) in [5.41, 5.74) is 1.55. The van der Waals surface area contributed by atoms with Crippen LogP contribution in [0.3, 0.4) is 0 Å². The van der Waals surface area contributed by atoms with Gasteiger partial charge in [-0.3, -0.25) is 0 Å². The number of benzene rings is 2. The summed E-state index contributed by atoms with van der Waals surface area (Å²) in [7, 11) is -3.85. The zero-order chi connectivity index (χ0) is 16.6. The van der Waals surface area contributed by atoms with Gasteiger partial charge in [-0.2, -0.15) is 8.42 Å². The zero-order valence-corrected chi connectivity index (χ0v) is 13.8. The standard InChI is InChI=1S/C16H14ClFN2O2S/c1-2-10(11-6-3-4-8-13(11)18)12-7-5-9-14-15(12)19-16(17)20-23(14,21)22/h3-10H,2H2,1H3,(H,19,20). The van der Waals surface area contributed by atoms with Gasteiger partial charge in [0.2, 0.25) is 5.29 Å². The van der Waals surface area contributed by atoms with Crippen LogP contribution in [0.1, 0.15) is 30.4 Å². The second kappa shape index (κ2) is 5.94. The van der Waals surface area contributed by atoms with Crippen LogP contribution in [-0.4, -0.2) is 13.7 Å². The smallest absolute Gasteiger partial charge is 0.287 e. The number of sulfonamides is 1. The SMILES string of the molecule is CCC(c1ccccc1F)c1cccc2c1NC(Cl)=NS2(=O)=O. The van der Waals surface area contributed by atoms with Crippen LogP contribution in [0.2, 0.25) is 0 Å². The van der Waals surface area contributed by atoms with Gasteiger partial charge in [-0.1, -0.05) is 37.3 Å². The molecule has 0 amide bonds. The normalized spacial score (nSPS) is 16.9. The monoisotopic (exact) mass is 352 g/mol. The number of para-hydroxylation sites is 1. The summed E-state index contributed by atoms with van der Waals surface area (Å²) in [5.74, 6) is -0.619. The average Bonchev–Trinajstić information content (AvgIpc) is 2.49. The highest BCUT2D eigenvalue weighted by Gasteiger charge is 2.29. The van der Waals surface area contributed by atoms with E-state index in [0.29, 0.717) is 23.2 Å². The highest BCUT2D eigenvalue weighted by Crippen LogP contribution is 2.39. The van der Waals surface area contributed by atoms with Crippen molar-refractivity contribution in [2.75, 3.05) is 5.32 Å². The maximum Gasteiger partial charge on any atom is 0.287 e. The molecule has 120 valence electrons. The van der Waals surface area contributed by atoms with E-state index in [2.05, 4.69) is 9.71 Å². The number of anilines is 1. The summed E-state index contributed by atoms with van der Waals surface area (Å²) in [6, 6.07) is 11.3. The molecule has 0 fully saturated rings. The predicted molar refractivity (Wildman–Crippen MR) is 89.1 cm³/mol. The Hall–Kier alpha value is -1.92. The Labute approximate surface area is 139 Å². The number of hydrogen-bond donors (Lipinski definition) is 1. The molecule has 2 aromatic rings. The zero-order valence-electron chi connectivity index (χ0n) is 12.3. The minimum atomic E-state index is -3.85. The number of rotatable bonds is 3. The Bertz CT molecular complexity index is 897. The number of halogens is 2. The lowest BCUT2D eigenvalue weighted by atomic mass is 9.87. The lowest BCUT2D eigenvalue weighted by Gasteiger charge is -2.24. The van der Waals surface area contributed by atoms with Crippen LogP contribution in [0, 0.1) is 5.82 Å². The van der Waals surface area contributed by atoms with Crippen molar-refractivity contribution in [3.05, 3.63) is 59.4 Å². The van der Waals surface area contributed by atoms with Crippen molar-refractivity contribution in [2.24, 2.45) is 4.40 Å². The first-order chi connectivity index (χ1) is 10.9. The Morgan fingerprint density at radius 2 is 1.87 bits per heavy atom. The van der Waals surface area contributed by atoms with Gasteiger partial charge in [0.15, 0.2) is 0 Å². The first-order valence-electron chi connectivity index (χ1n) is 7.09. The van der Waals surface area contributed by atoms with E-state index >= 15 is 0 Å². The molecular weight excluding hydrogens is 339 g/mol. The van der Waals surface area contributed by atoms with Gasteiger partial charge in [0, 0.05) is 5.92 Å². The summed E-state index contributed by atoms with van der Waals surface area (Å²) in [5, 5.41) is 2.59. The number of nitrogens with one attached hydrogen (secondary N) is 1. The van der Waals surface area contributed by atoms with Gasteiger partial charge in [0.05, 0.1) is 5.69 Å². The molecule has 0 saturated heterocycles. The van der Waals surface area contributed by atoms with Gasteiger partial charge < -0.3 is 5.32 Å². The van der Waals surface area contributed by atoms with Crippen molar-refractivity contribution in [1.29, 1.82) is 0 Å². The van der Waals surface area contributed by atoms with Crippen molar-refractivity contribution in [3.63, 3.8) is 0 Å². The maximum absolute atomic E-state index is 14.2. The van der Waals surface area contributed by atoms with Crippen molar-refractivity contribution in [2.45, 2.75) is 24.2 Å². The fourth-order valence-corrected chi connectivity index (χ4v) is 4.23. The van der Waals surface area contributed by atoms with E-state index in [4.69, 9.17) is 11.6 Å². The molecule has 0 saturated carbocycles. The molecule has 2 aromatic carbocycles. The number of hydrogen-bond acceptors (Lipinski definition) is 3. The van der Waals surface area contributed by atoms with Crippen LogP contribution in [0.15, 0.2) is 51.8 Å². The third-order valence-electron chi connectivity index (χ3n) is 3.83. The minimum Gasteiger partial charge on any atom is -0.328 e. The van der Waals surface area contributed by atoms with Crippen LogP contribution < -0.4 is 5.32 Å². The maximum atomic E-state index is 14.2. The topological polar surface area (TPSA) is 58.5 Å². The summed E-state index contributed by atoms with van der Waals surface area (Å²) < 4.78 is 42.0. The van der Waals surface area contributed by atoms with E-state index in [1.807, 2.05) is 6.92 Å². The lowest BCUT2D eigenvalue weighted by molar-refractivity contribution is 0.591. The average molecular weight is 353 g/mol. The van der Waals surface area contributed by atoms with Crippen molar-refractivity contribution < 1.29 is 12.8 Å². The van der Waals surface area contributed by atoms with E-state index in [-0.39, 0.29) is 21.9 Å². The molecule has 3 rings (SSSR count). The molecule has 0 bridgehead atoms. The molecule has 0 radical (unpaired) electrons. The molecule has 0 spiro atoms. The fourth-order valence-electron chi connectivity index (χ4n) is 2.83. The van der Waals surface area contributed by atoms with Gasteiger partial charge >= 0.3 is 0 Å². The van der Waals surface area contributed by atoms with Crippen molar-refractivity contribution in [1.82, 2.24) is 0 Å². The van der Waals surface area contributed by atoms with Crippen molar-refractivity contribution >= 4 is 32.6 Å². The summed E-state index contributed by atoms with van der Waals surface area (Å²) >= 11 is 5.81. The van der Waals surface area contributed by atoms with Gasteiger partial charge in [0.1, 0.15) is 10.7 Å². The second-order valence-corrected chi connectivity index (χ2v) is 7.12. The van der Waals surface area contributed by atoms with Gasteiger partial charge in [0.25, 0.3) is 10.0 Å². The van der Waals surface area contributed by atoms with Gasteiger partial charge in [-0.25, -0.2) is 4.39 Å². The number of nitrogens with zero attached hydrogens (tertiary/aromatic N) is 1. The highest BCUT2D eigenvalue weighted by molar-refractivity contribution is 7.90.